The molecule has 0 aliphatic heterocycles. The maximum Gasteiger partial charge on any atom is 0.369 e. The largest absolute Gasteiger partial charge is 0.488 e. The summed E-state index contributed by atoms with van der Waals surface area (Å²) in [5, 5.41) is 14.4. The van der Waals surface area contributed by atoms with Crippen molar-refractivity contribution in [3.8, 4) is 17.4 Å². The lowest BCUT2D eigenvalue weighted by molar-refractivity contribution is 0.281. The minimum Gasteiger partial charge on any atom is -0.488 e. The Morgan fingerprint density at radius 2 is 2.00 bits per heavy atom. The zero-order chi connectivity index (χ0) is 17.1. The number of para-hydroxylation sites is 1. The summed E-state index contributed by atoms with van der Waals surface area (Å²) in [6.45, 7) is 4.43. The van der Waals surface area contributed by atoms with Crippen LogP contribution in [0.25, 0.3) is 5.82 Å². The van der Waals surface area contributed by atoms with E-state index < -0.39 is 0 Å². The van der Waals surface area contributed by atoms with Crippen molar-refractivity contribution in [2.75, 3.05) is 6.61 Å². The predicted octanol–water partition coefficient (Wildman–Crippen LogP) is 0.975. The topological polar surface area (TPSA) is 99.9 Å². The van der Waals surface area contributed by atoms with E-state index in [1.54, 1.807) is 0 Å². The molecule has 1 N–H and O–H groups in total. The van der Waals surface area contributed by atoms with Gasteiger partial charge in [-0.2, -0.15) is 4.68 Å². The van der Waals surface area contributed by atoms with Gasteiger partial charge in [0.25, 0.3) is 0 Å². The molecular weight excluding hydrogens is 312 g/mol. The summed E-state index contributed by atoms with van der Waals surface area (Å²) < 4.78 is 13.6. The summed E-state index contributed by atoms with van der Waals surface area (Å²) in [6, 6.07) is 7.68. The summed E-state index contributed by atoms with van der Waals surface area (Å²) >= 11 is 0. The van der Waals surface area contributed by atoms with Crippen LogP contribution in [0.4, 0.5) is 0 Å². The summed E-state index contributed by atoms with van der Waals surface area (Å²) in [5.41, 5.74) is 1.22. The normalized spacial score (nSPS) is 10.8. The number of aromatic amines is 1. The molecule has 0 amide bonds. The standard InChI is InChI=1S/C15H18N6O3/c1-4-23-14-11(9-24-12-8-6-5-7-10(12)2)13(16-17-14)21-15(22)20(3)18-19-21/h5-8H,4,9H2,1-3H3,(H,16,17). The van der Waals surface area contributed by atoms with Gasteiger partial charge in [-0.15, -0.1) is 9.78 Å². The number of hydrogen-bond acceptors (Lipinski definition) is 6. The highest BCUT2D eigenvalue weighted by Gasteiger charge is 2.20. The molecule has 0 bridgehead atoms. The minimum atomic E-state index is -0.390. The molecule has 2 heterocycles. The van der Waals surface area contributed by atoms with E-state index in [9.17, 15) is 4.79 Å². The number of H-pyrrole nitrogens is 1. The Morgan fingerprint density at radius 1 is 1.21 bits per heavy atom. The summed E-state index contributed by atoms with van der Waals surface area (Å²) in [6.07, 6.45) is 0. The van der Waals surface area contributed by atoms with Gasteiger partial charge >= 0.3 is 5.69 Å². The zero-order valence-electron chi connectivity index (χ0n) is 13.7. The van der Waals surface area contributed by atoms with Crippen molar-refractivity contribution < 1.29 is 9.47 Å². The van der Waals surface area contributed by atoms with Crippen LogP contribution in [0.1, 0.15) is 18.1 Å². The van der Waals surface area contributed by atoms with Crippen LogP contribution in [0.15, 0.2) is 29.1 Å². The fourth-order valence-corrected chi connectivity index (χ4v) is 2.22. The molecule has 0 radical (unpaired) electrons. The fourth-order valence-electron chi connectivity index (χ4n) is 2.22. The third-order valence-corrected chi connectivity index (χ3v) is 3.49. The van der Waals surface area contributed by atoms with Crippen LogP contribution in [0, 0.1) is 6.92 Å². The van der Waals surface area contributed by atoms with Crippen LogP contribution in [-0.4, -0.2) is 36.6 Å². The molecular formula is C15H18N6O3. The number of tetrazole rings is 1. The van der Waals surface area contributed by atoms with Crippen LogP contribution in [-0.2, 0) is 13.7 Å². The lowest BCUT2D eigenvalue weighted by Crippen LogP contribution is -2.23. The number of nitrogens with zero attached hydrogens (tertiary/aromatic N) is 5. The molecule has 0 aliphatic rings. The molecule has 0 spiro atoms. The van der Waals surface area contributed by atoms with Gasteiger partial charge in [0, 0.05) is 7.05 Å². The first-order chi connectivity index (χ1) is 11.6. The molecule has 3 rings (SSSR count). The molecule has 24 heavy (non-hydrogen) atoms. The number of aromatic nitrogens is 6. The van der Waals surface area contributed by atoms with E-state index in [-0.39, 0.29) is 12.3 Å². The first-order valence-corrected chi connectivity index (χ1v) is 7.49. The Bertz CT molecular complexity index is 895. The number of benzene rings is 1. The van der Waals surface area contributed by atoms with Crippen molar-refractivity contribution in [1.82, 2.24) is 30.0 Å². The second-order valence-electron chi connectivity index (χ2n) is 5.14. The smallest absolute Gasteiger partial charge is 0.369 e. The monoisotopic (exact) mass is 330 g/mol. The lowest BCUT2D eigenvalue weighted by atomic mass is 10.2. The van der Waals surface area contributed by atoms with Gasteiger partial charge < -0.3 is 9.47 Å². The van der Waals surface area contributed by atoms with Crippen molar-refractivity contribution >= 4 is 0 Å². The van der Waals surface area contributed by atoms with Gasteiger partial charge in [0.2, 0.25) is 5.88 Å². The predicted molar refractivity (Wildman–Crippen MR) is 85.4 cm³/mol. The lowest BCUT2D eigenvalue weighted by Gasteiger charge is -2.10. The van der Waals surface area contributed by atoms with Gasteiger partial charge in [0.1, 0.15) is 12.4 Å². The SMILES string of the molecule is CCOc1n[nH]c(-n2nnn(C)c2=O)c1COc1ccccc1C. The maximum atomic E-state index is 12.1. The van der Waals surface area contributed by atoms with E-state index in [1.807, 2.05) is 38.1 Å². The van der Waals surface area contributed by atoms with E-state index >= 15 is 0 Å². The molecule has 0 atom stereocenters. The second-order valence-corrected chi connectivity index (χ2v) is 5.14. The van der Waals surface area contributed by atoms with Crippen molar-refractivity contribution in [1.29, 1.82) is 0 Å². The highest BCUT2D eigenvalue weighted by Crippen LogP contribution is 2.24. The van der Waals surface area contributed by atoms with Crippen LogP contribution < -0.4 is 15.2 Å². The molecule has 9 nitrogen and oxygen atoms in total. The average molecular weight is 330 g/mol. The molecule has 0 saturated carbocycles. The number of aryl methyl sites for hydroxylation is 2. The van der Waals surface area contributed by atoms with E-state index in [1.165, 1.54) is 7.05 Å². The van der Waals surface area contributed by atoms with Gasteiger partial charge in [-0.1, -0.05) is 18.2 Å². The molecule has 0 aliphatic carbocycles. The van der Waals surface area contributed by atoms with Crippen molar-refractivity contribution in [3.05, 3.63) is 45.9 Å². The van der Waals surface area contributed by atoms with Crippen LogP contribution in [0.3, 0.4) is 0 Å². The van der Waals surface area contributed by atoms with E-state index in [0.29, 0.717) is 23.9 Å². The summed E-state index contributed by atoms with van der Waals surface area (Å²) in [5.74, 6) is 1.50. The van der Waals surface area contributed by atoms with Crippen molar-refractivity contribution in [2.24, 2.45) is 7.05 Å². The number of rotatable bonds is 6. The average Bonchev–Trinajstić information content (AvgIpc) is 3.11. The first kappa shape index (κ1) is 15.8. The minimum absolute atomic E-state index is 0.176. The second kappa shape index (κ2) is 6.57. The Morgan fingerprint density at radius 3 is 2.67 bits per heavy atom. The van der Waals surface area contributed by atoms with Crippen LogP contribution >= 0.6 is 0 Å². The van der Waals surface area contributed by atoms with Crippen molar-refractivity contribution in [2.45, 2.75) is 20.5 Å². The Balaban J connectivity index is 1.95. The Labute approximate surface area is 137 Å². The van der Waals surface area contributed by atoms with E-state index in [4.69, 9.17) is 9.47 Å². The van der Waals surface area contributed by atoms with Crippen LogP contribution in [0.2, 0.25) is 0 Å². The number of nitrogens with one attached hydrogen (secondary N) is 1. The van der Waals surface area contributed by atoms with Gasteiger partial charge in [0.15, 0.2) is 5.82 Å². The Hall–Kier alpha value is -3.10. The molecule has 0 fully saturated rings. The molecule has 2 aromatic heterocycles. The molecule has 3 aromatic rings. The fraction of sp³-hybridized carbons (Fsp3) is 0.333. The van der Waals surface area contributed by atoms with Crippen LogP contribution in [0.5, 0.6) is 11.6 Å². The highest BCUT2D eigenvalue weighted by molar-refractivity contribution is 5.40. The molecule has 0 unspecified atom stereocenters. The van der Waals surface area contributed by atoms with Gasteiger partial charge in [-0.3, -0.25) is 5.10 Å². The zero-order valence-corrected chi connectivity index (χ0v) is 13.7. The number of hydrogen-bond donors (Lipinski definition) is 1. The highest BCUT2D eigenvalue weighted by atomic mass is 16.5. The quantitative estimate of drug-likeness (QED) is 0.723. The Kier molecular flexibility index (Phi) is 4.32. The summed E-state index contributed by atoms with van der Waals surface area (Å²) in [7, 11) is 1.52. The molecule has 0 saturated heterocycles. The maximum absolute atomic E-state index is 12.1. The van der Waals surface area contributed by atoms with Gasteiger partial charge in [-0.05, 0) is 35.9 Å². The first-order valence-electron chi connectivity index (χ1n) is 7.49. The van der Waals surface area contributed by atoms with Gasteiger partial charge in [0.05, 0.1) is 12.2 Å². The van der Waals surface area contributed by atoms with E-state index in [0.717, 1.165) is 20.7 Å². The molecule has 1 aromatic carbocycles. The molecule has 126 valence electrons. The third-order valence-electron chi connectivity index (χ3n) is 3.49. The van der Waals surface area contributed by atoms with Gasteiger partial charge in [-0.25, -0.2) is 4.79 Å². The third kappa shape index (κ3) is 2.87. The summed E-state index contributed by atoms with van der Waals surface area (Å²) in [4.78, 5) is 12.1. The molecule has 9 heteroatoms. The number of ether oxygens (including phenoxy) is 2. The van der Waals surface area contributed by atoms with Crippen molar-refractivity contribution in [3.63, 3.8) is 0 Å². The van der Waals surface area contributed by atoms with E-state index in [2.05, 4.69) is 20.6 Å².